The number of anilines is 1. The number of rotatable bonds is 7. The van der Waals surface area contributed by atoms with Crippen LogP contribution in [0.25, 0.3) is 0 Å². The first-order valence-corrected chi connectivity index (χ1v) is 5.69. The molecule has 0 saturated heterocycles. The van der Waals surface area contributed by atoms with Crippen molar-refractivity contribution in [2.45, 2.75) is 32.6 Å². The van der Waals surface area contributed by atoms with Crippen molar-refractivity contribution in [1.82, 2.24) is 4.98 Å². The van der Waals surface area contributed by atoms with E-state index in [-0.39, 0.29) is 0 Å². The highest BCUT2D eigenvalue weighted by atomic mass is 14.9. The average Bonchev–Trinajstić information content (AvgIpc) is 2.23. The molecule has 0 aliphatic heterocycles. The minimum atomic E-state index is 0.816. The van der Waals surface area contributed by atoms with Gasteiger partial charge in [0.25, 0.3) is 0 Å². The first-order valence-electron chi connectivity index (χ1n) is 5.69. The lowest BCUT2D eigenvalue weighted by Crippen LogP contribution is -2.03. The van der Waals surface area contributed by atoms with Crippen LogP contribution in [0, 0.1) is 6.92 Å². The molecule has 3 nitrogen and oxygen atoms in total. The summed E-state index contributed by atoms with van der Waals surface area (Å²) in [5, 5.41) is 3.39. The van der Waals surface area contributed by atoms with Crippen LogP contribution in [0.5, 0.6) is 0 Å². The van der Waals surface area contributed by atoms with Crippen molar-refractivity contribution in [3.63, 3.8) is 0 Å². The van der Waals surface area contributed by atoms with Crippen LogP contribution in [-0.4, -0.2) is 18.1 Å². The third-order valence-corrected chi connectivity index (χ3v) is 2.36. The molecule has 0 aliphatic rings. The highest BCUT2D eigenvalue weighted by molar-refractivity contribution is 5.42. The maximum Gasteiger partial charge on any atom is 0.0393 e. The standard InChI is InChI=1S/C12H21N3/c1-11-10-12(6-9-14-11)15-8-5-3-2-4-7-13/h6,9-10H,2-5,7-8,13H2,1H3,(H,14,15). The lowest BCUT2D eigenvalue weighted by Gasteiger charge is -2.06. The van der Waals surface area contributed by atoms with Gasteiger partial charge in [-0.15, -0.1) is 0 Å². The number of nitrogens with one attached hydrogen (secondary N) is 1. The lowest BCUT2D eigenvalue weighted by molar-refractivity contribution is 0.661. The number of nitrogens with zero attached hydrogens (tertiary/aromatic N) is 1. The molecule has 0 fully saturated rings. The largest absolute Gasteiger partial charge is 0.385 e. The van der Waals surface area contributed by atoms with E-state index in [1.165, 1.54) is 24.9 Å². The van der Waals surface area contributed by atoms with Crippen molar-refractivity contribution in [1.29, 1.82) is 0 Å². The number of hydrogen-bond donors (Lipinski definition) is 2. The molecule has 3 N–H and O–H groups in total. The third-order valence-electron chi connectivity index (χ3n) is 2.36. The summed E-state index contributed by atoms with van der Waals surface area (Å²) in [5.74, 6) is 0. The summed E-state index contributed by atoms with van der Waals surface area (Å²) in [7, 11) is 0. The molecule has 15 heavy (non-hydrogen) atoms. The van der Waals surface area contributed by atoms with Gasteiger partial charge in [0.2, 0.25) is 0 Å². The van der Waals surface area contributed by atoms with Gasteiger partial charge in [-0.05, 0) is 38.4 Å². The van der Waals surface area contributed by atoms with Crippen LogP contribution >= 0.6 is 0 Å². The summed E-state index contributed by atoms with van der Waals surface area (Å²) in [5.41, 5.74) is 7.65. The topological polar surface area (TPSA) is 50.9 Å². The van der Waals surface area contributed by atoms with E-state index in [0.29, 0.717) is 0 Å². The van der Waals surface area contributed by atoms with Gasteiger partial charge in [0.15, 0.2) is 0 Å². The second-order valence-electron chi connectivity index (χ2n) is 3.82. The molecule has 0 amide bonds. The fourth-order valence-corrected chi connectivity index (χ4v) is 1.51. The van der Waals surface area contributed by atoms with Crippen molar-refractivity contribution in [2.75, 3.05) is 18.4 Å². The second kappa shape index (κ2) is 7.23. The smallest absolute Gasteiger partial charge is 0.0393 e. The van der Waals surface area contributed by atoms with Crippen molar-refractivity contribution < 1.29 is 0 Å². The molecule has 1 heterocycles. The molecule has 1 aromatic rings. The number of nitrogens with two attached hydrogens (primary N) is 1. The molecular formula is C12H21N3. The van der Waals surface area contributed by atoms with Crippen molar-refractivity contribution >= 4 is 5.69 Å². The summed E-state index contributed by atoms with van der Waals surface area (Å²) in [6.45, 7) is 3.86. The highest BCUT2D eigenvalue weighted by Crippen LogP contribution is 2.07. The van der Waals surface area contributed by atoms with Gasteiger partial charge in [0, 0.05) is 24.1 Å². The Morgan fingerprint density at radius 1 is 1.27 bits per heavy atom. The zero-order valence-corrected chi connectivity index (χ0v) is 9.50. The number of aryl methyl sites for hydroxylation is 1. The Balaban J connectivity index is 2.10. The molecule has 1 rings (SSSR count). The molecule has 0 spiro atoms. The Morgan fingerprint density at radius 3 is 2.80 bits per heavy atom. The second-order valence-corrected chi connectivity index (χ2v) is 3.82. The van der Waals surface area contributed by atoms with E-state index < -0.39 is 0 Å². The molecular weight excluding hydrogens is 186 g/mol. The Hall–Kier alpha value is -1.09. The molecule has 0 aromatic carbocycles. The number of hydrogen-bond acceptors (Lipinski definition) is 3. The van der Waals surface area contributed by atoms with E-state index in [4.69, 9.17) is 5.73 Å². The van der Waals surface area contributed by atoms with Crippen molar-refractivity contribution in [3.05, 3.63) is 24.0 Å². The molecule has 0 saturated carbocycles. The molecule has 3 heteroatoms. The quantitative estimate of drug-likeness (QED) is 0.675. The maximum absolute atomic E-state index is 5.43. The van der Waals surface area contributed by atoms with Crippen LogP contribution in [0.15, 0.2) is 18.3 Å². The average molecular weight is 207 g/mol. The summed E-state index contributed by atoms with van der Waals surface area (Å²) < 4.78 is 0. The molecule has 0 bridgehead atoms. The van der Waals surface area contributed by atoms with Gasteiger partial charge in [0.1, 0.15) is 0 Å². The first kappa shape index (κ1) is 12.0. The van der Waals surface area contributed by atoms with Crippen LogP contribution < -0.4 is 11.1 Å². The van der Waals surface area contributed by atoms with E-state index in [1.54, 1.807) is 0 Å². The summed E-state index contributed by atoms with van der Waals surface area (Å²) in [6, 6.07) is 4.08. The summed E-state index contributed by atoms with van der Waals surface area (Å²) >= 11 is 0. The molecule has 84 valence electrons. The van der Waals surface area contributed by atoms with E-state index in [1.807, 2.05) is 19.2 Å². The van der Waals surface area contributed by atoms with E-state index in [0.717, 1.165) is 25.2 Å². The molecule has 0 radical (unpaired) electrons. The van der Waals surface area contributed by atoms with E-state index in [9.17, 15) is 0 Å². The van der Waals surface area contributed by atoms with E-state index >= 15 is 0 Å². The SMILES string of the molecule is Cc1cc(NCCCCCCN)ccn1. The fraction of sp³-hybridized carbons (Fsp3) is 0.583. The minimum absolute atomic E-state index is 0.816. The van der Waals surface area contributed by atoms with Crippen LogP contribution in [0.3, 0.4) is 0 Å². The van der Waals surface area contributed by atoms with Gasteiger partial charge >= 0.3 is 0 Å². The molecule has 0 unspecified atom stereocenters. The molecule has 0 aliphatic carbocycles. The zero-order chi connectivity index (χ0) is 10.9. The van der Waals surface area contributed by atoms with Gasteiger partial charge in [-0.2, -0.15) is 0 Å². The third kappa shape index (κ3) is 5.37. The number of unbranched alkanes of at least 4 members (excludes halogenated alkanes) is 3. The predicted octanol–water partition coefficient (Wildman–Crippen LogP) is 2.32. The maximum atomic E-state index is 5.43. The monoisotopic (exact) mass is 207 g/mol. The number of aromatic nitrogens is 1. The Kier molecular flexibility index (Phi) is 5.78. The molecule has 0 atom stereocenters. The normalized spacial score (nSPS) is 10.3. The Labute approximate surface area is 92.1 Å². The number of pyridine rings is 1. The lowest BCUT2D eigenvalue weighted by atomic mass is 10.2. The van der Waals surface area contributed by atoms with Crippen LogP contribution in [0.4, 0.5) is 5.69 Å². The van der Waals surface area contributed by atoms with Crippen LogP contribution in [0.2, 0.25) is 0 Å². The zero-order valence-electron chi connectivity index (χ0n) is 9.50. The Morgan fingerprint density at radius 2 is 2.07 bits per heavy atom. The first-order chi connectivity index (χ1) is 7.33. The minimum Gasteiger partial charge on any atom is -0.385 e. The van der Waals surface area contributed by atoms with Crippen molar-refractivity contribution in [2.24, 2.45) is 5.73 Å². The van der Waals surface area contributed by atoms with Gasteiger partial charge in [-0.1, -0.05) is 12.8 Å². The van der Waals surface area contributed by atoms with E-state index in [2.05, 4.69) is 16.4 Å². The predicted molar refractivity (Wildman–Crippen MR) is 65.0 cm³/mol. The van der Waals surface area contributed by atoms with Gasteiger partial charge in [-0.3, -0.25) is 4.98 Å². The van der Waals surface area contributed by atoms with Gasteiger partial charge < -0.3 is 11.1 Å². The van der Waals surface area contributed by atoms with Crippen LogP contribution in [0.1, 0.15) is 31.4 Å². The fourth-order valence-electron chi connectivity index (χ4n) is 1.51. The summed E-state index contributed by atoms with van der Waals surface area (Å²) in [4.78, 5) is 4.15. The summed E-state index contributed by atoms with van der Waals surface area (Å²) in [6.07, 6.45) is 6.70. The van der Waals surface area contributed by atoms with Crippen molar-refractivity contribution in [3.8, 4) is 0 Å². The highest BCUT2D eigenvalue weighted by Gasteiger charge is 1.92. The molecule has 1 aromatic heterocycles. The van der Waals surface area contributed by atoms with Gasteiger partial charge in [0.05, 0.1) is 0 Å². The Bertz CT molecular complexity index is 273. The van der Waals surface area contributed by atoms with Gasteiger partial charge in [-0.25, -0.2) is 0 Å². The van der Waals surface area contributed by atoms with Crippen LogP contribution in [-0.2, 0) is 0 Å².